The van der Waals surface area contributed by atoms with Crippen molar-refractivity contribution in [3.8, 4) is 11.3 Å². The second kappa shape index (κ2) is 12.6. The fraction of sp³-hybridized carbons (Fsp3) is 0.467. The van der Waals surface area contributed by atoms with Crippen molar-refractivity contribution in [3.63, 3.8) is 0 Å². The fourth-order valence-electron chi connectivity index (χ4n) is 5.60. The van der Waals surface area contributed by atoms with E-state index in [2.05, 4.69) is 15.0 Å². The van der Waals surface area contributed by atoms with Crippen molar-refractivity contribution in [2.24, 2.45) is 5.92 Å². The number of nitrogens with one attached hydrogen (secondary N) is 1. The Balaban J connectivity index is 1.57. The highest BCUT2D eigenvalue weighted by Crippen LogP contribution is 2.47. The van der Waals surface area contributed by atoms with Gasteiger partial charge in [0.15, 0.2) is 11.4 Å². The number of carbonyl (C=O) groups is 5. The number of aliphatic hydroxyl groups excluding tert-OH is 1. The zero-order valence-electron chi connectivity index (χ0n) is 25.0. The van der Waals surface area contributed by atoms with E-state index in [-0.39, 0.29) is 24.5 Å². The lowest BCUT2D eigenvalue weighted by molar-refractivity contribution is -0.170. The Hall–Kier alpha value is -4.10. The van der Waals surface area contributed by atoms with Crippen LogP contribution in [0.2, 0.25) is 5.82 Å². The molecule has 43 heavy (non-hydrogen) atoms. The van der Waals surface area contributed by atoms with Gasteiger partial charge >= 0.3 is 12.7 Å². The van der Waals surface area contributed by atoms with Gasteiger partial charge in [-0.25, -0.2) is 4.98 Å². The Labute approximate surface area is 250 Å². The maximum atomic E-state index is 13.7. The highest BCUT2D eigenvalue weighted by molar-refractivity contribution is 6.67. The van der Waals surface area contributed by atoms with Gasteiger partial charge in [0.05, 0.1) is 18.2 Å². The van der Waals surface area contributed by atoms with Crippen LogP contribution < -0.4 is 5.32 Å². The van der Waals surface area contributed by atoms with E-state index in [9.17, 15) is 29.1 Å². The van der Waals surface area contributed by atoms with Gasteiger partial charge in [-0.1, -0.05) is 56.7 Å². The monoisotopic (exact) mass is 595 g/mol. The molecule has 2 fully saturated rings. The smallest absolute Gasteiger partial charge is 0.576 e. The van der Waals surface area contributed by atoms with Crippen molar-refractivity contribution in [2.75, 3.05) is 14.1 Å². The van der Waals surface area contributed by atoms with Crippen LogP contribution in [-0.4, -0.2) is 87.8 Å². The van der Waals surface area contributed by atoms with Crippen LogP contribution in [0.3, 0.4) is 0 Å². The van der Waals surface area contributed by atoms with Gasteiger partial charge < -0.3 is 29.3 Å². The number of hydrogen-bond donors (Lipinski definition) is 2. The summed E-state index contributed by atoms with van der Waals surface area (Å²) in [5.74, 6) is -4.11. The van der Waals surface area contributed by atoms with Crippen molar-refractivity contribution in [3.05, 3.63) is 54.2 Å². The van der Waals surface area contributed by atoms with Crippen LogP contribution in [0.1, 0.15) is 56.9 Å². The summed E-state index contributed by atoms with van der Waals surface area (Å²) in [5.41, 5.74) is -0.408. The van der Waals surface area contributed by atoms with Crippen LogP contribution in [0.5, 0.6) is 0 Å². The third-order valence-electron chi connectivity index (χ3n) is 7.74. The third kappa shape index (κ3) is 6.94. The summed E-state index contributed by atoms with van der Waals surface area (Å²) in [5, 5.41) is 13.1. The normalized spacial score (nSPS) is 23.1. The van der Waals surface area contributed by atoms with Gasteiger partial charge in [0.2, 0.25) is 5.91 Å². The molecule has 2 aromatic rings. The van der Waals surface area contributed by atoms with Gasteiger partial charge in [-0.3, -0.25) is 19.2 Å². The Morgan fingerprint density at radius 3 is 2.42 bits per heavy atom. The first-order valence-corrected chi connectivity index (χ1v) is 14.3. The molecule has 2 amide bonds. The van der Waals surface area contributed by atoms with Gasteiger partial charge in [0, 0.05) is 24.5 Å². The number of carboxylic acids is 1. The van der Waals surface area contributed by atoms with Crippen molar-refractivity contribution in [2.45, 2.75) is 70.0 Å². The first-order chi connectivity index (χ1) is 20.2. The van der Waals surface area contributed by atoms with Crippen LogP contribution in [-0.2, 0) is 28.5 Å². The number of aliphatic carboxylic acids is 1. The van der Waals surface area contributed by atoms with E-state index in [1.807, 2.05) is 44.2 Å². The van der Waals surface area contributed by atoms with Gasteiger partial charge in [-0.15, -0.1) is 0 Å². The molecule has 13 heteroatoms. The summed E-state index contributed by atoms with van der Waals surface area (Å²) >= 11 is 0. The van der Waals surface area contributed by atoms with E-state index in [0.717, 1.165) is 5.56 Å². The van der Waals surface area contributed by atoms with Crippen molar-refractivity contribution in [1.82, 2.24) is 15.2 Å². The van der Waals surface area contributed by atoms with E-state index in [4.69, 9.17) is 9.31 Å². The van der Waals surface area contributed by atoms with Crippen molar-refractivity contribution < 1.29 is 43.0 Å². The lowest BCUT2D eigenvalue weighted by Crippen LogP contribution is -2.59. The predicted molar refractivity (Wildman–Crippen MR) is 156 cm³/mol. The van der Waals surface area contributed by atoms with Crippen LogP contribution in [0.15, 0.2) is 48.5 Å². The van der Waals surface area contributed by atoms with Gasteiger partial charge in [-0.2, -0.15) is 0 Å². The molecule has 0 aliphatic carbocycles. The maximum Gasteiger partial charge on any atom is 0.576 e. The molecule has 1 aromatic carbocycles. The molecule has 230 valence electrons. The van der Waals surface area contributed by atoms with Crippen molar-refractivity contribution >= 4 is 36.3 Å². The molecule has 0 spiro atoms. The Bertz CT molecular complexity index is 1400. The highest BCUT2D eigenvalue weighted by Gasteiger charge is 2.68. The molecule has 2 bridgehead atoms. The lowest BCUT2D eigenvalue weighted by atomic mass is 9.57. The highest BCUT2D eigenvalue weighted by atomic mass is 16.8. The SMILES string of the molecule is CC(C)C[C@H](CC(=O)[C@@H](NC(=O)c1cccc(-c2ccccc2)n1)[C@@H](C)O)[B-]12OC(=O)[C@@](CC(=O)N(C)C)(CC(=O)[OH+]1)O2. The molecule has 3 heterocycles. The molecule has 0 radical (unpaired) electrons. The third-order valence-corrected chi connectivity index (χ3v) is 7.74. The molecule has 1 unspecified atom stereocenters. The number of carbonyl (C=O) groups excluding carboxylic acids is 4. The number of amides is 2. The number of benzene rings is 1. The molecular formula is C30H38BN3O9. The predicted octanol–water partition coefficient (Wildman–Crippen LogP) is 1.79. The molecule has 1 aromatic heterocycles. The molecular weight excluding hydrogens is 557 g/mol. The summed E-state index contributed by atoms with van der Waals surface area (Å²) in [6.45, 7) is 2.16. The number of nitrogens with zero attached hydrogens (tertiary/aromatic N) is 2. The molecule has 5 atom stereocenters. The van der Waals surface area contributed by atoms with Gasteiger partial charge in [0.25, 0.3) is 11.9 Å². The average molecular weight is 595 g/mol. The zero-order valence-corrected chi connectivity index (χ0v) is 25.0. The van der Waals surface area contributed by atoms with E-state index in [1.54, 1.807) is 12.1 Å². The first kappa shape index (κ1) is 31.8. The second-order valence-electron chi connectivity index (χ2n) is 11.9. The molecule has 2 aliphatic heterocycles. The number of aliphatic hydroxyl groups is 1. The van der Waals surface area contributed by atoms with Gasteiger partial charge in [0.1, 0.15) is 18.2 Å². The van der Waals surface area contributed by atoms with E-state index < -0.39 is 72.7 Å². The average Bonchev–Trinajstić information content (AvgIpc) is 3.15. The summed E-state index contributed by atoms with van der Waals surface area (Å²) < 4.78 is 15.9. The molecule has 0 saturated carbocycles. The summed E-state index contributed by atoms with van der Waals surface area (Å²) in [7, 11) is 3.04. The first-order valence-electron chi connectivity index (χ1n) is 14.3. The number of pyridine rings is 1. The summed E-state index contributed by atoms with van der Waals surface area (Å²) in [4.78, 5) is 71.1. The lowest BCUT2D eigenvalue weighted by Gasteiger charge is -2.43. The van der Waals surface area contributed by atoms with Gasteiger partial charge in [-0.05, 0) is 37.2 Å². The maximum absolute atomic E-state index is 13.7. The Morgan fingerprint density at radius 2 is 1.79 bits per heavy atom. The van der Waals surface area contributed by atoms with E-state index >= 15 is 0 Å². The summed E-state index contributed by atoms with van der Waals surface area (Å²) in [6.07, 6.45) is -2.19. The summed E-state index contributed by atoms with van der Waals surface area (Å²) in [6, 6.07) is 12.9. The Morgan fingerprint density at radius 1 is 1.09 bits per heavy atom. The molecule has 4 rings (SSSR count). The molecule has 2 aliphatic rings. The van der Waals surface area contributed by atoms with Crippen molar-refractivity contribution in [1.29, 1.82) is 0 Å². The Kier molecular flexibility index (Phi) is 9.36. The topological polar surface area (TPSA) is 165 Å². The number of rotatable bonds is 12. The fourth-order valence-corrected chi connectivity index (χ4v) is 5.60. The van der Waals surface area contributed by atoms with E-state index in [1.165, 1.54) is 32.0 Å². The molecule has 2 saturated heterocycles. The minimum atomic E-state index is -2.98. The van der Waals surface area contributed by atoms with Crippen LogP contribution >= 0.6 is 0 Å². The molecule has 3 N–H and O–H groups in total. The van der Waals surface area contributed by atoms with Crippen LogP contribution in [0.25, 0.3) is 11.3 Å². The number of hydrogen-bond acceptors (Lipinski definition) is 9. The number of Topliss-reactive ketones (excluding diaryl/α,β-unsaturated/α-hetero) is 1. The van der Waals surface area contributed by atoms with Crippen LogP contribution in [0, 0.1) is 5.92 Å². The number of aromatic nitrogens is 1. The van der Waals surface area contributed by atoms with E-state index in [0.29, 0.717) is 5.69 Å². The standard InChI is InChI=1S/C30H38BN3O9/c1-18(2)14-21(31-41-26(38)17-30(43-31,29(40)42-31)16-25(37)34(4)5)15-24(36)27(19(3)35)33-28(39)23-13-9-12-22(32-23)20-10-7-6-8-11-20/h6-13,18-19,21,27,35,41H,14-17H2,1-5H3,(H,33,39)/t19-,21-,27+,30-,31?/m1/s1. The number of ketones is 1. The van der Waals surface area contributed by atoms with Crippen LogP contribution in [0.4, 0.5) is 0 Å². The second-order valence-corrected chi connectivity index (χ2v) is 11.9. The largest absolute Gasteiger partial charge is 0.718 e. The number of fused-ring (bicyclic) bond motifs is 2. The molecule has 12 nitrogen and oxygen atoms in total. The minimum Gasteiger partial charge on any atom is -0.718 e. The quantitative estimate of drug-likeness (QED) is 0.275. The minimum absolute atomic E-state index is 0.0356. The zero-order chi connectivity index (χ0) is 31.5.